The minimum atomic E-state index is -0.644. The average molecular weight is 329 g/mol. The Bertz CT molecular complexity index is 370. The summed E-state index contributed by atoms with van der Waals surface area (Å²) in [5, 5.41) is 2.65. The zero-order chi connectivity index (χ0) is 17.7. The maximum Gasteiger partial charge on any atom is 0.328 e. The third-order valence-corrected chi connectivity index (χ3v) is 3.40. The number of amides is 1. The van der Waals surface area contributed by atoms with Crippen LogP contribution >= 0.6 is 0 Å². The van der Waals surface area contributed by atoms with Gasteiger partial charge in [0.05, 0.1) is 19.1 Å². The monoisotopic (exact) mass is 329 g/mol. The van der Waals surface area contributed by atoms with Crippen LogP contribution in [-0.2, 0) is 23.9 Å². The molecule has 0 saturated heterocycles. The molecule has 0 aromatic rings. The molecule has 0 heterocycles. The average Bonchev–Trinajstić information content (AvgIpc) is 2.52. The van der Waals surface area contributed by atoms with Crippen LogP contribution in [0, 0.1) is 0 Å². The van der Waals surface area contributed by atoms with Crippen molar-refractivity contribution in [3.05, 3.63) is 0 Å². The van der Waals surface area contributed by atoms with Gasteiger partial charge in [0, 0.05) is 6.42 Å². The smallest absolute Gasteiger partial charge is 0.328 e. The van der Waals surface area contributed by atoms with Crippen molar-refractivity contribution in [2.24, 2.45) is 0 Å². The molecule has 134 valence electrons. The Hall–Kier alpha value is -1.59. The van der Waals surface area contributed by atoms with Crippen LogP contribution in [0.1, 0.15) is 72.6 Å². The summed E-state index contributed by atoms with van der Waals surface area (Å²) in [5.74, 6) is -1.14. The lowest BCUT2D eigenvalue weighted by atomic mass is 10.1. The summed E-state index contributed by atoms with van der Waals surface area (Å²) in [4.78, 5) is 35.4. The van der Waals surface area contributed by atoms with E-state index in [2.05, 4.69) is 5.32 Å². The SMILES string of the molecule is CCCCOC(=O)[C@H](CCC)NC(=O)CCC(=O)OC(C)CC. The van der Waals surface area contributed by atoms with E-state index in [-0.39, 0.29) is 24.9 Å². The lowest BCUT2D eigenvalue weighted by molar-refractivity contribution is -0.150. The second kappa shape index (κ2) is 12.9. The van der Waals surface area contributed by atoms with Crippen molar-refractivity contribution in [2.45, 2.75) is 84.8 Å². The summed E-state index contributed by atoms with van der Waals surface area (Å²) < 4.78 is 10.3. The van der Waals surface area contributed by atoms with E-state index in [9.17, 15) is 14.4 Å². The molecule has 0 spiro atoms. The number of carbonyl (C=O) groups excluding carboxylic acids is 3. The van der Waals surface area contributed by atoms with Crippen molar-refractivity contribution in [3.63, 3.8) is 0 Å². The zero-order valence-corrected chi connectivity index (χ0v) is 14.9. The van der Waals surface area contributed by atoms with Gasteiger partial charge < -0.3 is 14.8 Å². The number of hydrogen-bond donors (Lipinski definition) is 1. The van der Waals surface area contributed by atoms with Gasteiger partial charge in [-0.1, -0.05) is 33.6 Å². The van der Waals surface area contributed by atoms with E-state index >= 15 is 0 Å². The van der Waals surface area contributed by atoms with Crippen LogP contribution in [-0.4, -0.2) is 36.6 Å². The quantitative estimate of drug-likeness (QED) is 0.440. The second-order valence-corrected chi connectivity index (χ2v) is 5.64. The van der Waals surface area contributed by atoms with E-state index in [0.717, 1.165) is 25.7 Å². The van der Waals surface area contributed by atoms with Gasteiger partial charge in [-0.05, 0) is 26.2 Å². The predicted octanol–water partition coefficient (Wildman–Crippen LogP) is 2.74. The molecule has 0 aliphatic heterocycles. The highest BCUT2D eigenvalue weighted by Crippen LogP contribution is 2.04. The van der Waals surface area contributed by atoms with E-state index < -0.39 is 18.0 Å². The molecular formula is C17H31NO5. The fourth-order valence-electron chi connectivity index (χ4n) is 1.80. The van der Waals surface area contributed by atoms with Crippen molar-refractivity contribution >= 4 is 17.8 Å². The van der Waals surface area contributed by atoms with Crippen LogP contribution in [0.15, 0.2) is 0 Å². The molecule has 0 fully saturated rings. The van der Waals surface area contributed by atoms with Gasteiger partial charge >= 0.3 is 11.9 Å². The molecule has 0 aliphatic rings. The lowest BCUT2D eigenvalue weighted by Gasteiger charge is -2.17. The molecule has 0 rings (SSSR count). The van der Waals surface area contributed by atoms with Gasteiger partial charge in [0.15, 0.2) is 0 Å². The van der Waals surface area contributed by atoms with Gasteiger partial charge in [-0.15, -0.1) is 0 Å². The highest BCUT2D eigenvalue weighted by atomic mass is 16.5. The van der Waals surface area contributed by atoms with Gasteiger partial charge in [-0.3, -0.25) is 9.59 Å². The molecule has 0 bridgehead atoms. The van der Waals surface area contributed by atoms with Crippen LogP contribution in [0.25, 0.3) is 0 Å². The Morgan fingerprint density at radius 3 is 2.30 bits per heavy atom. The molecule has 1 N–H and O–H groups in total. The summed E-state index contributed by atoms with van der Waals surface area (Å²) in [6.45, 7) is 8.04. The largest absolute Gasteiger partial charge is 0.464 e. The lowest BCUT2D eigenvalue weighted by Crippen LogP contribution is -2.42. The fraction of sp³-hybridized carbons (Fsp3) is 0.824. The third-order valence-electron chi connectivity index (χ3n) is 3.40. The molecule has 0 aromatic heterocycles. The van der Waals surface area contributed by atoms with Crippen LogP contribution < -0.4 is 5.32 Å². The highest BCUT2D eigenvalue weighted by Gasteiger charge is 2.21. The minimum absolute atomic E-state index is 0.0116. The highest BCUT2D eigenvalue weighted by molar-refractivity contribution is 5.86. The Kier molecular flexibility index (Phi) is 12.0. The van der Waals surface area contributed by atoms with Crippen molar-refractivity contribution in [1.29, 1.82) is 0 Å². The van der Waals surface area contributed by atoms with Crippen molar-refractivity contribution in [2.75, 3.05) is 6.61 Å². The Morgan fingerprint density at radius 1 is 1.04 bits per heavy atom. The molecule has 0 radical (unpaired) electrons. The number of esters is 2. The summed E-state index contributed by atoms with van der Waals surface area (Å²) in [6.07, 6.45) is 3.64. The Labute approximate surface area is 139 Å². The molecule has 6 heteroatoms. The summed E-state index contributed by atoms with van der Waals surface area (Å²) in [5.41, 5.74) is 0. The van der Waals surface area contributed by atoms with E-state index in [1.54, 1.807) is 0 Å². The Balaban J connectivity index is 4.23. The first-order valence-corrected chi connectivity index (χ1v) is 8.59. The zero-order valence-electron chi connectivity index (χ0n) is 14.9. The van der Waals surface area contributed by atoms with E-state index in [1.807, 2.05) is 27.7 Å². The summed E-state index contributed by atoms with van der Waals surface area (Å²) in [7, 11) is 0. The molecule has 2 atom stereocenters. The van der Waals surface area contributed by atoms with Crippen LogP contribution in [0.4, 0.5) is 0 Å². The van der Waals surface area contributed by atoms with E-state index in [4.69, 9.17) is 9.47 Å². The molecule has 0 aromatic carbocycles. The summed E-state index contributed by atoms with van der Waals surface area (Å²) in [6, 6.07) is -0.644. The molecule has 1 unspecified atom stereocenters. The maximum absolute atomic E-state index is 11.9. The number of ether oxygens (including phenoxy) is 2. The molecule has 0 saturated carbocycles. The first-order chi connectivity index (χ1) is 10.9. The van der Waals surface area contributed by atoms with E-state index in [0.29, 0.717) is 13.0 Å². The van der Waals surface area contributed by atoms with Gasteiger partial charge in [0.2, 0.25) is 5.91 Å². The molecule has 6 nitrogen and oxygen atoms in total. The van der Waals surface area contributed by atoms with Gasteiger partial charge in [0.1, 0.15) is 6.04 Å². The van der Waals surface area contributed by atoms with Gasteiger partial charge in [0.25, 0.3) is 0 Å². The number of carbonyl (C=O) groups is 3. The first-order valence-electron chi connectivity index (χ1n) is 8.59. The number of hydrogen-bond acceptors (Lipinski definition) is 5. The molecule has 23 heavy (non-hydrogen) atoms. The van der Waals surface area contributed by atoms with E-state index in [1.165, 1.54) is 0 Å². The number of nitrogens with one attached hydrogen (secondary N) is 1. The Morgan fingerprint density at radius 2 is 1.74 bits per heavy atom. The minimum Gasteiger partial charge on any atom is -0.464 e. The third kappa shape index (κ3) is 10.7. The fourth-order valence-corrected chi connectivity index (χ4v) is 1.80. The van der Waals surface area contributed by atoms with Crippen molar-refractivity contribution in [3.8, 4) is 0 Å². The first kappa shape index (κ1) is 21.4. The standard InChI is InChI=1S/C17H31NO5/c1-5-8-12-22-17(21)14(9-6-2)18-15(19)10-11-16(20)23-13(4)7-3/h13-14H,5-12H2,1-4H3,(H,18,19)/t13?,14-/m0/s1. The molecule has 1 amide bonds. The van der Waals surface area contributed by atoms with Crippen molar-refractivity contribution in [1.82, 2.24) is 5.32 Å². The molecule has 0 aliphatic carbocycles. The number of unbranched alkanes of at least 4 members (excludes halogenated alkanes) is 1. The van der Waals surface area contributed by atoms with Gasteiger partial charge in [-0.25, -0.2) is 4.79 Å². The maximum atomic E-state index is 11.9. The van der Waals surface area contributed by atoms with Crippen molar-refractivity contribution < 1.29 is 23.9 Å². The second-order valence-electron chi connectivity index (χ2n) is 5.64. The number of rotatable bonds is 12. The molecular weight excluding hydrogens is 298 g/mol. The predicted molar refractivity (Wildman–Crippen MR) is 87.8 cm³/mol. The summed E-state index contributed by atoms with van der Waals surface area (Å²) >= 11 is 0. The van der Waals surface area contributed by atoms with Crippen LogP contribution in [0.2, 0.25) is 0 Å². The van der Waals surface area contributed by atoms with Crippen LogP contribution in [0.3, 0.4) is 0 Å². The normalized spacial score (nSPS) is 13.0. The van der Waals surface area contributed by atoms with Crippen LogP contribution in [0.5, 0.6) is 0 Å². The topological polar surface area (TPSA) is 81.7 Å². The van der Waals surface area contributed by atoms with Gasteiger partial charge in [-0.2, -0.15) is 0 Å².